The minimum Gasteiger partial charge on any atom is -0.380 e. The van der Waals surface area contributed by atoms with Gasteiger partial charge in [0.2, 0.25) is 0 Å². The fourth-order valence-electron chi connectivity index (χ4n) is 2.47. The third kappa shape index (κ3) is 2.30. The molecular formula is C15H18N4O2S. The third-order valence-electron chi connectivity index (χ3n) is 3.40. The fraction of sp³-hybridized carbons (Fsp3) is 0.467. The Labute approximate surface area is 131 Å². The molecule has 3 aromatic rings. The van der Waals surface area contributed by atoms with E-state index in [0.29, 0.717) is 16.8 Å². The molecule has 0 aliphatic carbocycles. The molecule has 22 heavy (non-hydrogen) atoms. The number of aromatic nitrogens is 4. The molecule has 0 N–H and O–H groups in total. The highest BCUT2D eigenvalue weighted by Gasteiger charge is 2.22. The summed E-state index contributed by atoms with van der Waals surface area (Å²) < 4.78 is 7.28. The van der Waals surface area contributed by atoms with Crippen LogP contribution in [-0.2, 0) is 16.9 Å². The molecule has 0 aliphatic rings. The second-order valence-corrected chi connectivity index (χ2v) is 7.29. The normalized spacial score (nSPS) is 12.4. The molecular weight excluding hydrogens is 300 g/mol. The first-order valence-corrected chi connectivity index (χ1v) is 7.82. The molecule has 3 rings (SSSR count). The van der Waals surface area contributed by atoms with Crippen LogP contribution in [0.4, 0.5) is 0 Å². The van der Waals surface area contributed by atoms with E-state index in [0.717, 1.165) is 21.5 Å². The summed E-state index contributed by atoms with van der Waals surface area (Å²) in [7, 11) is 1.65. The largest absolute Gasteiger partial charge is 0.380 e. The third-order valence-corrected chi connectivity index (χ3v) is 4.46. The topological polar surface area (TPSA) is 69.9 Å². The van der Waals surface area contributed by atoms with Crippen molar-refractivity contribution in [2.75, 3.05) is 7.11 Å². The number of hydrogen-bond acceptors (Lipinski definition) is 6. The van der Waals surface area contributed by atoms with Crippen molar-refractivity contribution < 1.29 is 4.74 Å². The van der Waals surface area contributed by atoms with Crippen LogP contribution in [0, 0.1) is 6.92 Å². The first-order chi connectivity index (χ1) is 10.3. The Morgan fingerprint density at radius 3 is 2.73 bits per heavy atom. The van der Waals surface area contributed by atoms with Gasteiger partial charge < -0.3 is 4.74 Å². The van der Waals surface area contributed by atoms with E-state index in [9.17, 15) is 4.79 Å². The maximum Gasteiger partial charge on any atom is 0.288 e. The van der Waals surface area contributed by atoms with Gasteiger partial charge in [-0.1, -0.05) is 5.21 Å². The van der Waals surface area contributed by atoms with E-state index >= 15 is 0 Å². The number of nitrogens with zero attached hydrogens (tertiary/aromatic N) is 4. The van der Waals surface area contributed by atoms with E-state index in [1.807, 2.05) is 33.8 Å². The second-order valence-electron chi connectivity index (χ2n) is 6.29. The highest BCUT2D eigenvalue weighted by Crippen LogP contribution is 2.32. The zero-order valence-electron chi connectivity index (χ0n) is 13.3. The van der Waals surface area contributed by atoms with Crippen molar-refractivity contribution in [3.05, 3.63) is 27.7 Å². The van der Waals surface area contributed by atoms with Crippen molar-refractivity contribution in [1.29, 1.82) is 0 Å². The van der Waals surface area contributed by atoms with Gasteiger partial charge in [0.05, 0.1) is 12.1 Å². The summed E-state index contributed by atoms with van der Waals surface area (Å²) in [5.41, 5.74) is 1.97. The van der Waals surface area contributed by atoms with Crippen LogP contribution >= 0.6 is 11.3 Å². The monoisotopic (exact) mass is 318 g/mol. The molecule has 7 heteroatoms. The van der Waals surface area contributed by atoms with Crippen LogP contribution in [-0.4, -0.2) is 27.1 Å². The highest BCUT2D eigenvalue weighted by atomic mass is 32.1. The number of fused-ring (bicyclic) bond motifs is 3. The molecule has 0 atom stereocenters. The van der Waals surface area contributed by atoms with Gasteiger partial charge in [0.1, 0.15) is 15.0 Å². The molecule has 6 nitrogen and oxygen atoms in total. The van der Waals surface area contributed by atoms with Crippen molar-refractivity contribution in [3.8, 4) is 0 Å². The minimum atomic E-state index is -0.410. The number of ether oxygens (including phenoxy) is 1. The summed E-state index contributed by atoms with van der Waals surface area (Å²) in [5.74, 6) is 0. The molecule has 0 aliphatic heterocycles. The molecule has 0 spiro atoms. The average molecular weight is 318 g/mol. The Bertz CT molecular complexity index is 921. The Morgan fingerprint density at radius 1 is 1.36 bits per heavy atom. The Hall–Kier alpha value is -1.86. The maximum absolute atomic E-state index is 12.7. The van der Waals surface area contributed by atoms with Gasteiger partial charge in [-0.2, -0.15) is 0 Å². The van der Waals surface area contributed by atoms with E-state index in [-0.39, 0.29) is 5.56 Å². The molecule has 0 aromatic carbocycles. The molecule has 0 bridgehead atoms. The lowest BCUT2D eigenvalue weighted by Gasteiger charge is -2.18. The lowest BCUT2D eigenvalue weighted by atomic mass is 10.1. The summed E-state index contributed by atoms with van der Waals surface area (Å²) in [4.78, 5) is 18.1. The Kier molecular flexibility index (Phi) is 3.49. The first-order valence-electron chi connectivity index (χ1n) is 7.01. The number of thiophene rings is 1. The number of hydrogen-bond donors (Lipinski definition) is 0. The van der Waals surface area contributed by atoms with Crippen molar-refractivity contribution in [3.63, 3.8) is 0 Å². The van der Waals surface area contributed by atoms with E-state index in [1.165, 1.54) is 16.0 Å². The van der Waals surface area contributed by atoms with Crippen LogP contribution in [0.2, 0.25) is 0 Å². The van der Waals surface area contributed by atoms with E-state index in [1.54, 1.807) is 7.11 Å². The van der Waals surface area contributed by atoms with Gasteiger partial charge in [-0.25, -0.2) is 9.67 Å². The van der Waals surface area contributed by atoms with E-state index in [2.05, 4.69) is 15.3 Å². The van der Waals surface area contributed by atoms with Gasteiger partial charge in [-0.3, -0.25) is 4.79 Å². The molecule has 0 radical (unpaired) electrons. The molecule has 3 aromatic heterocycles. The molecule has 0 saturated heterocycles. The molecule has 0 amide bonds. The van der Waals surface area contributed by atoms with Crippen LogP contribution in [0.5, 0.6) is 0 Å². The Balaban J connectivity index is 2.43. The quantitative estimate of drug-likeness (QED) is 0.726. The predicted molar refractivity (Wildman–Crippen MR) is 87.4 cm³/mol. The Morgan fingerprint density at radius 2 is 2.09 bits per heavy atom. The lowest BCUT2D eigenvalue weighted by molar-refractivity contribution is 0.186. The first kappa shape index (κ1) is 15.1. The van der Waals surface area contributed by atoms with Crippen LogP contribution in [0.25, 0.3) is 20.4 Å². The summed E-state index contributed by atoms with van der Waals surface area (Å²) in [6, 6.07) is 1.97. The fourth-order valence-corrected chi connectivity index (χ4v) is 3.60. The summed E-state index contributed by atoms with van der Waals surface area (Å²) in [5, 5.41) is 9.29. The molecule has 3 heterocycles. The van der Waals surface area contributed by atoms with E-state index < -0.39 is 5.54 Å². The highest BCUT2D eigenvalue weighted by molar-refractivity contribution is 7.25. The van der Waals surface area contributed by atoms with Crippen molar-refractivity contribution in [2.24, 2.45) is 0 Å². The molecule has 0 fully saturated rings. The van der Waals surface area contributed by atoms with Gasteiger partial charge in [-0.15, -0.1) is 16.4 Å². The maximum atomic E-state index is 12.7. The molecule has 0 saturated carbocycles. The number of aryl methyl sites for hydroxylation is 1. The SMILES string of the molecule is COCc1cc(C)nc2sc3c(=O)n(C(C)(C)C)nnc3c12. The van der Waals surface area contributed by atoms with Crippen LogP contribution < -0.4 is 5.56 Å². The number of rotatable bonds is 2. The average Bonchev–Trinajstić information content (AvgIpc) is 2.77. The summed E-state index contributed by atoms with van der Waals surface area (Å²) >= 11 is 1.37. The van der Waals surface area contributed by atoms with Crippen LogP contribution in [0.1, 0.15) is 32.0 Å². The van der Waals surface area contributed by atoms with E-state index in [4.69, 9.17) is 4.74 Å². The van der Waals surface area contributed by atoms with Gasteiger partial charge in [0, 0.05) is 18.2 Å². The molecule has 116 valence electrons. The zero-order valence-corrected chi connectivity index (χ0v) is 14.1. The van der Waals surface area contributed by atoms with Crippen molar-refractivity contribution in [2.45, 2.75) is 39.8 Å². The van der Waals surface area contributed by atoms with Gasteiger partial charge >= 0.3 is 0 Å². The second kappa shape index (κ2) is 5.10. The number of methoxy groups -OCH3 is 1. The summed E-state index contributed by atoms with van der Waals surface area (Å²) in [6.45, 7) is 8.18. The predicted octanol–water partition coefficient (Wildman–Crippen LogP) is 2.61. The van der Waals surface area contributed by atoms with Crippen LogP contribution in [0.3, 0.4) is 0 Å². The van der Waals surface area contributed by atoms with Gasteiger partial charge in [0.25, 0.3) is 5.56 Å². The zero-order chi connectivity index (χ0) is 16.1. The smallest absolute Gasteiger partial charge is 0.288 e. The van der Waals surface area contributed by atoms with Crippen LogP contribution in [0.15, 0.2) is 10.9 Å². The van der Waals surface area contributed by atoms with Crippen molar-refractivity contribution in [1.82, 2.24) is 20.0 Å². The summed E-state index contributed by atoms with van der Waals surface area (Å²) in [6.07, 6.45) is 0. The standard InChI is InChI=1S/C15H18N4O2S/c1-8-6-9(7-21-5)10-11-12(22-13(10)16-8)14(20)19(18-17-11)15(2,3)4/h6H,7H2,1-5H3. The number of pyridine rings is 1. The van der Waals surface area contributed by atoms with Gasteiger partial charge in [0.15, 0.2) is 0 Å². The van der Waals surface area contributed by atoms with Gasteiger partial charge in [-0.05, 0) is 39.3 Å². The van der Waals surface area contributed by atoms with Crippen molar-refractivity contribution >= 4 is 31.8 Å². The molecule has 0 unspecified atom stereocenters. The minimum absolute atomic E-state index is 0.124. The lowest BCUT2D eigenvalue weighted by Crippen LogP contribution is -2.36.